The molecule has 0 aromatic heterocycles. The van der Waals surface area contributed by atoms with E-state index in [1.165, 1.54) is 0 Å². The zero-order chi connectivity index (χ0) is 19.0. The molecule has 1 unspecified atom stereocenters. The Balaban J connectivity index is 2.44. The van der Waals surface area contributed by atoms with Crippen molar-refractivity contribution in [1.82, 2.24) is 0 Å². The summed E-state index contributed by atoms with van der Waals surface area (Å²) in [4.78, 5) is 17.5. The minimum atomic E-state index is -0.621. The predicted octanol–water partition coefficient (Wildman–Crippen LogP) is 4.27. The Labute approximate surface area is 155 Å². The third-order valence-corrected chi connectivity index (χ3v) is 3.65. The number of carbonyl (C=O) groups is 1. The molecule has 0 bridgehead atoms. The molecule has 0 N–H and O–H groups in total. The fourth-order valence-corrected chi connectivity index (χ4v) is 2.50. The summed E-state index contributed by atoms with van der Waals surface area (Å²) in [6.45, 7) is 6.01. The molecule has 0 heterocycles. The van der Waals surface area contributed by atoms with Gasteiger partial charge in [0.05, 0.1) is 5.71 Å². The molecule has 0 aliphatic heterocycles. The number of benzene rings is 2. The normalized spacial score (nSPS) is 12.3. The van der Waals surface area contributed by atoms with E-state index in [1.807, 2.05) is 81.4 Å². The lowest BCUT2D eigenvalue weighted by Gasteiger charge is -2.23. The molecular formula is C22H27NO3. The lowest BCUT2D eigenvalue weighted by atomic mass is 10.0. The summed E-state index contributed by atoms with van der Waals surface area (Å²) in [5.74, 6) is -0.334. The fourth-order valence-electron chi connectivity index (χ4n) is 2.50. The Hall–Kier alpha value is -2.46. The fraction of sp³-hybridized carbons (Fsp3) is 0.364. The lowest BCUT2D eigenvalue weighted by molar-refractivity contribution is -0.156. The average Bonchev–Trinajstić information content (AvgIpc) is 2.62. The summed E-state index contributed by atoms with van der Waals surface area (Å²) in [5, 5.41) is 0. The van der Waals surface area contributed by atoms with Crippen LogP contribution in [0.3, 0.4) is 0 Å². The molecule has 0 spiro atoms. The van der Waals surface area contributed by atoms with Crippen molar-refractivity contribution in [1.29, 1.82) is 0 Å². The maximum Gasteiger partial charge on any atom is 0.331 e. The van der Waals surface area contributed by atoms with Gasteiger partial charge in [0.25, 0.3) is 0 Å². The van der Waals surface area contributed by atoms with Gasteiger partial charge in [-0.1, -0.05) is 60.7 Å². The molecule has 0 amide bonds. The van der Waals surface area contributed by atoms with Crippen molar-refractivity contribution in [3.8, 4) is 0 Å². The first kappa shape index (κ1) is 19.9. The van der Waals surface area contributed by atoms with E-state index in [9.17, 15) is 4.79 Å². The second kappa shape index (κ2) is 9.30. The van der Waals surface area contributed by atoms with E-state index in [0.29, 0.717) is 13.0 Å². The topological polar surface area (TPSA) is 47.9 Å². The summed E-state index contributed by atoms with van der Waals surface area (Å²) in [6.07, 6.45) is 0.467. The minimum absolute atomic E-state index is 0.334. The molecule has 0 fully saturated rings. The molecular weight excluding hydrogens is 326 g/mol. The van der Waals surface area contributed by atoms with Gasteiger partial charge in [0.2, 0.25) is 0 Å². The number of methoxy groups -OCH3 is 1. The first-order valence-corrected chi connectivity index (χ1v) is 8.81. The van der Waals surface area contributed by atoms with Crippen LogP contribution in [0.4, 0.5) is 0 Å². The number of rotatable bonds is 7. The highest BCUT2D eigenvalue weighted by molar-refractivity contribution is 6.13. The lowest BCUT2D eigenvalue weighted by Crippen LogP contribution is -2.32. The molecule has 2 aromatic carbocycles. The minimum Gasteiger partial charge on any atom is -0.458 e. The van der Waals surface area contributed by atoms with Crippen LogP contribution in [0.1, 0.15) is 38.3 Å². The van der Waals surface area contributed by atoms with Crippen LogP contribution < -0.4 is 0 Å². The number of aliphatic imine (C=N–C) groups is 1. The second-order valence-corrected chi connectivity index (χ2v) is 7.04. The molecule has 138 valence electrons. The predicted molar refractivity (Wildman–Crippen MR) is 105 cm³/mol. The van der Waals surface area contributed by atoms with Crippen molar-refractivity contribution < 1.29 is 14.3 Å². The van der Waals surface area contributed by atoms with Gasteiger partial charge in [0.15, 0.2) is 6.04 Å². The van der Waals surface area contributed by atoms with E-state index in [2.05, 4.69) is 0 Å². The van der Waals surface area contributed by atoms with Crippen LogP contribution in [0.5, 0.6) is 0 Å². The highest BCUT2D eigenvalue weighted by Gasteiger charge is 2.25. The van der Waals surface area contributed by atoms with E-state index in [4.69, 9.17) is 14.5 Å². The first-order valence-electron chi connectivity index (χ1n) is 8.81. The standard InChI is InChI=1S/C22H27NO3/c1-22(2,3)26-21(24)19(15-16-25-4)23-20(17-11-7-5-8-12-17)18-13-9-6-10-14-18/h5-14,19H,15-16H2,1-4H3. The van der Waals surface area contributed by atoms with Gasteiger partial charge >= 0.3 is 5.97 Å². The van der Waals surface area contributed by atoms with Gasteiger partial charge in [-0.2, -0.15) is 0 Å². The van der Waals surface area contributed by atoms with E-state index in [-0.39, 0.29) is 5.97 Å². The highest BCUT2D eigenvalue weighted by Crippen LogP contribution is 2.16. The SMILES string of the molecule is COCCC(N=C(c1ccccc1)c1ccccc1)C(=O)OC(C)(C)C. The van der Waals surface area contributed by atoms with Gasteiger partial charge in [-0.25, -0.2) is 4.79 Å². The van der Waals surface area contributed by atoms with Crippen LogP contribution in [-0.4, -0.2) is 37.0 Å². The van der Waals surface area contributed by atoms with Crippen LogP contribution >= 0.6 is 0 Å². The van der Waals surface area contributed by atoms with E-state index < -0.39 is 11.6 Å². The molecule has 2 rings (SSSR count). The van der Waals surface area contributed by atoms with E-state index in [0.717, 1.165) is 16.8 Å². The molecule has 0 saturated heterocycles. The largest absolute Gasteiger partial charge is 0.458 e. The second-order valence-electron chi connectivity index (χ2n) is 7.04. The Morgan fingerprint density at radius 2 is 1.46 bits per heavy atom. The third kappa shape index (κ3) is 6.12. The third-order valence-electron chi connectivity index (χ3n) is 3.65. The van der Waals surface area contributed by atoms with Crippen LogP contribution in [-0.2, 0) is 14.3 Å². The number of esters is 1. The number of ether oxygens (including phenoxy) is 2. The molecule has 0 aliphatic rings. The highest BCUT2D eigenvalue weighted by atomic mass is 16.6. The van der Waals surface area contributed by atoms with Crippen molar-refractivity contribution >= 4 is 11.7 Å². The van der Waals surface area contributed by atoms with Crippen LogP contribution in [0, 0.1) is 0 Å². The molecule has 26 heavy (non-hydrogen) atoms. The zero-order valence-electron chi connectivity index (χ0n) is 15.9. The van der Waals surface area contributed by atoms with Gasteiger partial charge in [0, 0.05) is 31.3 Å². The molecule has 4 heteroatoms. The van der Waals surface area contributed by atoms with E-state index >= 15 is 0 Å². The summed E-state index contributed by atoms with van der Waals surface area (Å²) in [5.41, 5.74) is 2.14. The Kier molecular flexibility index (Phi) is 7.10. The molecule has 0 saturated carbocycles. The molecule has 1 atom stereocenters. The number of hydrogen-bond donors (Lipinski definition) is 0. The summed E-state index contributed by atoms with van der Waals surface area (Å²) in [7, 11) is 1.62. The van der Waals surface area contributed by atoms with Gasteiger partial charge < -0.3 is 9.47 Å². The number of nitrogens with zero attached hydrogens (tertiary/aromatic N) is 1. The smallest absolute Gasteiger partial charge is 0.331 e. The maximum atomic E-state index is 12.7. The van der Waals surface area contributed by atoms with Gasteiger partial charge in [0.1, 0.15) is 5.60 Å². The quantitative estimate of drug-likeness (QED) is 0.552. The van der Waals surface area contributed by atoms with Gasteiger partial charge in [-0.15, -0.1) is 0 Å². The number of carbonyl (C=O) groups excluding carboxylic acids is 1. The average molecular weight is 353 g/mol. The Morgan fingerprint density at radius 1 is 0.962 bits per heavy atom. The summed E-state index contributed by atoms with van der Waals surface area (Å²) >= 11 is 0. The molecule has 0 aliphatic carbocycles. The number of hydrogen-bond acceptors (Lipinski definition) is 4. The molecule has 4 nitrogen and oxygen atoms in total. The van der Waals surface area contributed by atoms with Gasteiger partial charge in [-0.05, 0) is 20.8 Å². The van der Waals surface area contributed by atoms with Crippen molar-refractivity contribution in [2.24, 2.45) is 4.99 Å². The van der Waals surface area contributed by atoms with Crippen molar-refractivity contribution in [2.45, 2.75) is 38.8 Å². The summed E-state index contributed by atoms with van der Waals surface area (Å²) < 4.78 is 10.7. The van der Waals surface area contributed by atoms with Gasteiger partial charge in [-0.3, -0.25) is 4.99 Å². The summed E-state index contributed by atoms with van der Waals surface area (Å²) in [6, 6.07) is 19.1. The molecule has 0 radical (unpaired) electrons. The maximum absolute atomic E-state index is 12.7. The van der Waals surface area contributed by atoms with Crippen molar-refractivity contribution in [3.63, 3.8) is 0 Å². The van der Waals surface area contributed by atoms with Crippen LogP contribution in [0.15, 0.2) is 65.7 Å². The monoisotopic (exact) mass is 353 g/mol. The van der Waals surface area contributed by atoms with Crippen molar-refractivity contribution in [2.75, 3.05) is 13.7 Å². The Bertz CT molecular complexity index is 677. The van der Waals surface area contributed by atoms with Crippen molar-refractivity contribution in [3.05, 3.63) is 71.8 Å². The van der Waals surface area contributed by atoms with Crippen LogP contribution in [0.2, 0.25) is 0 Å². The van der Waals surface area contributed by atoms with E-state index in [1.54, 1.807) is 7.11 Å². The molecule has 2 aromatic rings. The first-order chi connectivity index (χ1) is 12.4. The zero-order valence-corrected chi connectivity index (χ0v) is 15.9. The Morgan fingerprint density at radius 3 is 1.88 bits per heavy atom. The van der Waals surface area contributed by atoms with Crippen LogP contribution in [0.25, 0.3) is 0 Å².